The first-order valence-corrected chi connectivity index (χ1v) is 12.5. The Kier molecular flexibility index (Phi) is 6.37. The minimum Gasteiger partial charge on any atom is -0.493 e. The van der Waals surface area contributed by atoms with Crippen molar-refractivity contribution in [3.05, 3.63) is 99.5 Å². The number of hydrogen-bond acceptors (Lipinski definition) is 3. The Balaban J connectivity index is 1.36. The van der Waals surface area contributed by atoms with Crippen LogP contribution in [0, 0.1) is 12.8 Å². The normalized spacial score (nSPS) is 21.0. The van der Waals surface area contributed by atoms with Crippen LogP contribution in [0.4, 0.5) is 11.4 Å². The van der Waals surface area contributed by atoms with Gasteiger partial charge in [-0.05, 0) is 73.2 Å². The summed E-state index contributed by atoms with van der Waals surface area (Å²) < 4.78 is 6.89. The number of halogens is 1. The van der Waals surface area contributed by atoms with Gasteiger partial charge in [0.15, 0.2) is 0 Å². The second kappa shape index (κ2) is 9.56. The van der Waals surface area contributed by atoms with Crippen molar-refractivity contribution in [3.8, 4) is 5.75 Å². The molecule has 3 aromatic carbocycles. The number of benzene rings is 3. The molecule has 1 heterocycles. The van der Waals surface area contributed by atoms with Crippen molar-refractivity contribution in [1.82, 2.24) is 0 Å². The lowest BCUT2D eigenvalue weighted by atomic mass is 9.76. The number of hydrogen-bond donors (Lipinski definition) is 1. The van der Waals surface area contributed by atoms with Crippen LogP contribution in [0.15, 0.2) is 82.3 Å². The van der Waals surface area contributed by atoms with Crippen LogP contribution in [0.2, 0.25) is 0 Å². The number of anilines is 1. The largest absolute Gasteiger partial charge is 0.493 e. The highest BCUT2D eigenvalue weighted by Gasteiger charge is 2.37. The van der Waals surface area contributed by atoms with Gasteiger partial charge in [0.2, 0.25) is 0 Å². The molecule has 33 heavy (non-hydrogen) atoms. The maximum Gasteiger partial charge on any atom is 0.128 e. The van der Waals surface area contributed by atoms with Gasteiger partial charge in [-0.15, -0.1) is 0 Å². The quantitative estimate of drug-likeness (QED) is 0.273. The zero-order chi connectivity index (χ0) is 22.8. The summed E-state index contributed by atoms with van der Waals surface area (Å²) in [4.78, 5) is 4.73. The molecule has 1 N–H and O–H groups in total. The molecule has 0 bridgehead atoms. The third kappa shape index (κ3) is 4.63. The number of fused-ring (bicyclic) bond motifs is 3. The highest BCUT2D eigenvalue weighted by atomic mass is 79.9. The number of aliphatic imine (C=N–C) groups is 1. The number of nitrogens with one attached hydrogen (secondary N) is 1. The summed E-state index contributed by atoms with van der Waals surface area (Å²) in [5.74, 6) is 1.90. The van der Waals surface area contributed by atoms with Crippen molar-refractivity contribution in [1.29, 1.82) is 0 Å². The summed E-state index contributed by atoms with van der Waals surface area (Å²) in [5, 5.41) is 3.82. The Morgan fingerprint density at radius 1 is 1.09 bits per heavy atom. The predicted octanol–water partition coefficient (Wildman–Crippen LogP) is 8.12. The second-order valence-corrected chi connectivity index (χ2v) is 9.86. The minimum absolute atomic E-state index is 0.303. The molecular formula is C29H29BrN2O. The van der Waals surface area contributed by atoms with Crippen LogP contribution in [0.1, 0.15) is 54.0 Å². The standard InChI is InChI=1S/C29H29BrN2O/c1-3-15-33-28-14-10-22(30)17-21(28)18-31-23-11-8-20(9-12-23)29-25-6-4-5-24(25)26-16-19(2)7-13-27(26)32-29/h4-5,7-14,16-18,24-25,29,32H,3,6,15H2,1-2H3/t24-,25+,29-/m0/s1. The summed E-state index contributed by atoms with van der Waals surface area (Å²) in [5.41, 5.74) is 7.24. The number of ether oxygens (including phenoxy) is 1. The lowest BCUT2D eigenvalue weighted by Gasteiger charge is -2.37. The maximum absolute atomic E-state index is 5.88. The van der Waals surface area contributed by atoms with E-state index in [0.717, 1.165) is 34.3 Å². The van der Waals surface area contributed by atoms with Crippen LogP contribution >= 0.6 is 15.9 Å². The molecule has 1 aliphatic heterocycles. The Labute approximate surface area is 204 Å². The van der Waals surface area contributed by atoms with Gasteiger partial charge in [0.05, 0.1) is 18.3 Å². The molecule has 1 aliphatic carbocycles. The summed E-state index contributed by atoms with van der Waals surface area (Å²) in [6.07, 6.45) is 8.71. The van der Waals surface area contributed by atoms with Crippen LogP contribution < -0.4 is 10.1 Å². The molecule has 3 atom stereocenters. The van der Waals surface area contributed by atoms with Crippen molar-refractivity contribution < 1.29 is 4.74 Å². The first kappa shape index (κ1) is 22.0. The van der Waals surface area contributed by atoms with Crippen molar-refractivity contribution in [3.63, 3.8) is 0 Å². The van der Waals surface area contributed by atoms with E-state index in [1.807, 2.05) is 24.4 Å². The van der Waals surface area contributed by atoms with Gasteiger partial charge in [-0.25, -0.2) is 0 Å². The molecule has 3 nitrogen and oxygen atoms in total. The molecule has 0 aromatic heterocycles. The van der Waals surface area contributed by atoms with Crippen molar-refractivity contribution in [2.45, 2.75) is 38.6 Å². The van der Waals surface area contributed by atoms with E-state index < -0.39 is 0 Å². The molecule has 5 rings (SSSR count). The van der Waals surface area contributed by atoms with E-state index in [-0.39, 0.29) is 0 Å². The molecule has 4 heteroatoms. The molecule has 168 valence electrons. The van der Waals surface area contributed by atoms with Gasteiger partial charge in [-0.2, -0.15) is 0 Å². The highest BCUT2D eigenvalue weighted by Crippen LogP contribution is 2.50. The Bertz CT molecular complexity index is 1200. The van der Waals surface area contributed by atoms with E-state index >= 15 is 0 Å². The average molecular weight is 501 g/mol. The number of allylic oxidation sites excluding steroid dienone is 2. The minimum atomic E-state index is 0.303. The SMILES string of the molecule is CCCOc1ccc(Br)cc1C=Nc1ccc([C@@H]2Nc3ccc(C)cc3[C@H]3C=CC[C@H]32)cc1. The van der Waals surface area contributed by atoms with Crippen LogP contribution in [0.25, 0.3) is 0 Å². The van der Waals surface area contributed by atoms with E-state index in [1.54, 1.807) is 0 Å². The van der Waals surface area contributed by atoms with Gasteiger partial charge in [0.1, 0.15) is 5.75 Å². The number of rotatable bonds is 6. The molecule has 0 amide bonds. The molecule has 3 aromatic rings. The third-order valence-corrected chi connectivity index (χ3v) is 7.05. The fraction of sp³-hybridized carbons (Fsp3) is 0.276. The topological polar surface area (TPSA) is 33.6 Å². The smallest absolute Gasteiger partial charge is 0.128 e. The molecule has 2 aliphatic rings. The zero-order valence-electron chi connectivity index (χ0n) is 19.1. The average Bonchev–Trinajstić information content (AvgIpc) is 3.32. The number of nitrogens with zero attached hydrogens (tertiary/aromatic N) is 1. The van der Waals surface area contributed by atoms with Gasteiger partial charge in [-0.3, -0.25) is 4.99 Å². The van der Waals surface area contributed by atoms with Gasteiger partial charge >= 0.3 is 0 Å². The van der Waals surface area contributed by atoms with Crippen LogP contribution in [-0.4, -0.2) is 12.8 Å². The summed E-state index contributed by atoms with van der Waals surface area (Å²) in [6.45, 7) is 4.98. The van der Waals surface area contributed by atoms with Crippen LogP contribution in [-0.2, 0) is 0 Å². The Morgan fingerprint density at radius 3 is 2.76 bits per heavy atom. The molecule has 0 spiro atoms. The summed E-state index contributed by atoms with van der Waals surface area (Å²) >= 11 is 3.55. The van der Waals surface area contributed by atoms with E-state index in [0.29, 0.717) is 24.5 Å². The zero-order valence-corrected chi connectivity index (χ0v) is 20.7. The molecule has 0 saturated heterocycles. The Hall–Kier alpha value is -2.85. The van der Waals surface area contributed by atoms with Gasteiger partial charge < -0.3 is 10.1 Å². The first-order chi connectivity index (χ1) is 16.1. The third-order valence-electron chi connectivity index (χ3n) is 6.56. The highest BCUT2D eigenvalue weighted by molar-refractivity contribution is 9.10. The maximum atomic E-state index is 5.88. The number of aryl methyl sites for hydroxylation is 1. The molecule has 0 unspecified atom stereocenters. The lowest BCUT2D eigenvalue weighted by Crippen LogP contribution is -2.29. The van der Waals surface area contributed by atoms with Crippen molar-refractivity contribution >= 4 is 33.5 Å². The first-order valence-electron chi connectivity index (χ1n) is 11.7. The van der Waals surface area contributed by atoms with Crippen molar-refractivity contribution in [2.24, 2.45) is 10.9 Å². The molecule has 0 radical (unpaired) electrons. The lowest BCUT2D eigenvalue weighted by molar-refractivity contribution is 0.317. The van der Waals surface area contributed by atoms with E-state index in [2.05, 4.69) is 89.7 Å². The summed E-state index contributed by atoms with van der Waals surface area (Å²) in [6, 6.07) is 21.8. The predicted molar refractivity (Wildman–Crippen MR) is 141 cm³/mol. The fourth-order valence-electron chi connectivity index (χ4n) is 4.92. The van der Waals surface area contributed by atoms with Crippen molar-refractivity contribution in [2.75, 3.05) is 11.9 Å². The second-order valence-electron chi connectivity index (χ2n) is 8.95. The monoisotopic (exact) mass is 500 g/mol. The van der Waals surface area contributed by atoms with Gasteiger partial charge in [-0.1, -0.05) is 64.8 Å². The molecule has 0 saturated carbocycles. The van der Waals surface area contributed by atoms with E-state index in [4.69, 9.17) is 9.73 Å². The van der Waals surface area contributed by atoms with Gasteiger partial charge in [0, 0.05) is 27.9 Å². The van der Waals surface area contributed by atoms with Crippen LogP contribution in [0.5, 0.6) is 5.75 Å². The van der Waals surface area contributed by atoms with Crippen LogP contribution in [0.3, 0.4) is 0 Å². The molecule has 0 fully saturated rings. The Morgan fingerprint density at radius 2 is 1.94 bits per heavy atom. The van der Waals surface area contributed by atoms with Gasteiger partial charge in [0.25, 0.3) is 0 Å². The van der Waals surface area contributed by atoms with E-state index in [1.165, 1.54) is 22.4 Å². The van der Waals surface area contributed by atoms with E-state index in [9.17, 15) is 0 Å². The molecular weight excluding hydrogens is 472 g/mol. The fourth-order valence-corrected chi connectivity index (χ4v) is 5.30. The summed E-state index contributed by atoms with van der Waals surface area (Å²) in [7, 11) is 0.